The van der Waals surface area contributed by atoms with Gasteiger partial charge in [-0.05, 0) is 30.4 Å². The fourth-order valence-electron chi connectivity index (χ4n) is 1.25. The van der Waals surface area contributed by atoms with E-state index in [9.17, 15) is 9.18 Å². The van der Waals surface area contributed by atoms with Gasteiger partial charge in [0.1, 0.15) is 5.82 Å². The molecule has 0 aliphatic rings. The Morgan fingerprint density at radius 1 is 1.60 bits per heavy atom. The number of carboxylic acids is 1. The molecule has 82 valence electrons. The first-order valence-electron chi connectivity index (χ1n) is 4.56. The first-order valence-corrected chi connectivity index (χ1v) is 5.95. The largest absolute Gasteiger partial charge is 0.481 e. The van der Waals surface area contributed by atoms with Gasteiger partial charge in [-0.2, -0.15) is 11.8 Å². The summed E-state index contributed by atoms with van der Waals surface area (Å²) >= 11 is 1.53. The summed E-state index contributed by atoms with van der Waals surface area (Å²) in [6.07, 6.45) is 1.90. The third kappa shape index (κ3) is 2.96. The molecule has 4 heteroatoms. The normalized spacial score (nSPS) is 12.5. The van der Waals surface area contributed by atoms with Crippen molar-refractivity contribution in [1.82, 2.24) is 0 Å². The van der Waals surface area contributed by atoms with Crippen LogP contribution in [0.15, 0.2) is 18.2 Å². The Hall–Kier alpha value is -1.03. The van der Waals surface area contributed by atoms with E-state index in [0.717, 1.165) is 0 Å². The zero-order chi connectivity index (χ0) is 11.4. The minimum Gasteiger partial charge on any atom is -0.481 e. The third-order valence-corrected chi connectivity index (χ3v) is 2.85. The van der Waals surface area contributed by atoms with Gasteiger partial charge in [0.05, 0.1) is 5.92 Å². The summed E-state index contributed by atoms with van der Waals surface area (Å²) in [5.74, 6) is -1.32. The van der Waals surface area contributed by atoms with Gasteiger partial charge in [0, 0.05) is 5.75 Å². The van der Waals surface area contributed by atoms with Gasteiger partial charge in [-0.25, -0.2) is 4.39 Å². The van der Waals surface area contributed by atoms with E-state index < -0.39 is 11.9 Å². The molecular weight excluding hydrogens is 215 g/mol. The van der Waals surface area contributed by atoms with E-state index in [1.54, 1.807) is 19.1 Å². The van der Waals surface area contributed by atoms with Crippen LogP contribution in [0.25, 0.3) is 0 Å². The van der Waals surface area contributed by atoms with Crippen molar-refractivity contribution in [3.63, 3.8) is 0 Å². The molecule has 0 aromatic heterocycles. The summed E-state index contributed by atoms with van der Waals surface area (Å²) in [4.78, 5) is 10.7. The molecule has 0 amide bonds. The van der Waals surface area contributed by atoms with E-state index in [-0.39, 0.29) is 5.82 Å². The summed E-state index contributed by atoms with van der Waals surface area (Å²) in [5.41, 5.74) is 1.12. The number of aliphatic carboxylic acids is 1. The zero-order valence-electron chi connectivity index (χ0n) is 8.66. The number of rotatable bonds is 4. The molecule has 0 radical (unpaired) electrons. The highest BCUT2D eigenvalue weighted by atomic mass is 32.2. The van der Waals surface area contributed by atoms with Gasteiger partial charge in [-0.15, -0.1) is 0 Å². The van der Waals surface area contributed by atoms with Crippen LogP contribution in [0.5, 0.6) is 0 Å². The van der Waals surface area contributed by atoms with Crippen LogP contribution in [-0.4, -0.2) is 17.3 Å². The van der Waals surface area contributed by atoms with Crippen LogP contribution in [0.3, 0.4) is 0 Å². The molecule has 1 rings (SSSR count). The van der Waals surface area contributed by atoms with Gasteiger partial charge in [0.25, 0.3) is 0 Å². The highest BCUT2D eigenvalue weighted by molar-refractivity contribution is 7.97. The Morgan fingerprint density at radius 3 is 2.73 bits per heavy atom. The quantitative estimate of drug-likeness (QED) is 0.861. The van der Waals surface area contributed by atoms with Gasteiger partial charge in [-0.3, -0.25) is 4.79 Å². The average Bonchev–Trinajstić information content (AvgIpc) is 2.20. The molecule has 0 heterocycles. The molecule has 0 saturated heterocycles. The van der Waals surface area contributed by atoms with Crippen LogP contribution in [0, 0.1) is 5.82 Å². The number of benzene rings is 1. The van der Waals surface area contributed by atoms with Crippen molar-refractivity contribution >= 4 is 17.7 Å². The molecule has 1 aromatic rings. The maximum atomic E-state index is 13.5. The summed E-state index contributed by atoms with van der Waals surface area (Å²) in [5, 5.41) is 8.77. The van der Waals surface area contributed by atoms with Crippen LogP contribution in [-0.2, 0) is 10.5 Å². The molecule has 0 saturated carbocycles. The number of carbonyl (C=O) groups is 1. The number of thioether (sulfide) groups is 1. The predicted octanol–water partition coefficient (Wildman–Crippen LogP) is 2.88. The first kappa shape index (κ1) is 12.0. The molecule has 0 fully saturated rings. The molecule has 1 aromatic carbocycles. The van der Waals surface area contributed by atoms with Crippen LogP contribution >= 0.6 is 11.8 Å². The van der Waals surface area contributed by atoms with E-state index in [4.69, 9.17) is 5.11 Å². The van der Waals surface area contributed by atoms with Gasteiger partial charge in [-0.1, -0.05) is 12.1 Å². The Bertz CT molecular complexity index is 366. The molecule has 1 N–H and O–H groups in total. The SMILES string of the molecule is CSCc1ccc(C(C)C(=O)O)cc1F. The second-order valence-corrected chi connectivity index (χ2v) is 4.21. The third-order valence-electron chi connectivity index (χ3n) is 2.25. The monoisotopic (exact) mass is 228 g/mol. The Morgan fingerprint density at radius 2 is 2.27 bits per heavy atom. The van der Waals surface area contributed by atoms with Gasteiger partial charge in [0.15, 0.2) is 0 Å². The number of hydrogen-bond donors (Lipinski definition) is 1. The van der Waals surface area contributed by atoms with Crippen LogP contribution < -0.4 is 0 Å². The van der Waals surface area contributed by atoms with E-state index in [2.05, 4.69) is 0 Å². The fraction of sp³-hybridized carbons (Fsp3) is 0.364. The molecule has 15 heavy (non-hydrogen) atoms. The van der Waals surface area contributed by atoms with Gasteiger partial charge >= 0.3 is 5.97 Å². The molecule has 0 aliphatic carbocycles. The van der Waals surface area contributed by atoms with Crippen molar-refractivity contribution in [2.24, 2.45) is 0 Å². The minimum absolute atomic E-state index is 0.324. The number of carboxylic acid groups (broad SMARTS) is 1. The highest BCUT2D eigenvalue weighted by Crippen LogP contribution is 2.20. The summed E-state index contributed by atoms with van der Waals surface area (Å²) in [6.45, 7) is 1.55. The molecule has 0 aliphatic heterocycles. The van der Waals surface area contributed by atoms with Crippen molar-refractivity contribution in [1.29, 1.82) is 0 Å². The maximum absolute atomic E-state index is 13.5. The number of halogens is 1. The van der Waals surface area contributed by atoms with Crippen molar-refractivity contribution in [3.05, 3.63) is 35.1 Å². The maximum Gasteiger partial charge on any atom is 0.310 e. The molecule has 1 atom stereocenters. The Labute approximate surface area is 92.5 Å². The van der Waals surface area contributed by atoms with Gasteiger partial charge < -0.3 is 5.11 Å². The lowest BCUT2D eigenvalue weighted by Gasteiger charge is -2.08. The lowest BCUT2D eigenvalue weighted by atomic mass is 10.00. The standard InChI is InChI=1S/C11H13FO2S/c1-7(11(13)14)8-3-4-9(6-15-2)10(12)5-8/h3-5,7H,6H2,1-2H3,(H,13,14). The molecule has 2 nitrogen and oxygen atoms in total. The topological polar surface area (TPSA) is 37.3 Å². The van der Waals surface area contributed by atoms with Crippen molar-refractivity contribution in [3.8, 4) is 0 Å². The van der Waals surface area contributed by atoms with E-state index in [0.29, 0.717) is 16.9 Å². The van der Waals surface area contributed by atoms with E-state index >= 15 is 0 Å². The van der Waals surface area contributed by atoms with Crippen molar-refractivity contribution in [2.45, 2.75) is 18.6 Å². The molecule has 0 bridgehead atoms. The van der Waals surface area contributed by atoms with Crippen LogP contribution in [0.1, 0.15) is 24.0 Å². The Kier molecular flexibility index (Phi) is 4.15. The van der Waals surface area contributed by atoms with Crippen molar-refractivity contribution < 1.29 is 14.3 Å². The Balaban J connectivity index is 2.95. The molecule has 0 spiro atoms. The minimum atomic E-state index is -0.938. The zero-order valence-corrected chi connectivity index (χ0v) is 9.47. The number of hydrogen-bond acceptors (Lipinski definition) is 2. The second kappa shape index (κ2) is 5.16. The average molecular weight is 228 g/mol. The summed E-state index contributed by atoms with van der Waals surface area (Å²) < 4.78 is 13.5. The molecule has 1 unspecified atom stereocenters. The smallest absolute Gasteiger partial charge is 0.310 e. The van der Waals surface area contributed by atoms with Crippen LogP contribution in [0.2, 0.25) is 0 Å². The van der Waals surface area contributed by atoms with Crippen molar-refractivity contribution in [2.75, 3.05) is 6.26 Å². The molecular formula is C11H13FO2S. The summed E-state index contributed by atoms with van der Waals surface area (Å²) in [7, 11) is 0. The highest BCUT2D eigenvalue weighted by Gasteiger charge is 2.15. The fourth-order valence-corrected chi connectivity index (χ4v) is 1.79. The van der Waals surface area contributed by atoms with E-state index in [1.165, 1.54) is 17.8 Å². The van der Waals surface area contributed by atoms with Crippen LogP contribution in [0.4, 0.5) is 4.39 Å². The summed E-state index contributed by atoms with van der Waals surface area (Å²) in [6, 6.07) is 4.64. The lowest BCUT2D eigenvalue weighted by molar-refractivity contribution is -0.138. The van der Waals surface area contributed by atoms with Gasteiger partial charge in [0.2, 0.25) is 0 Å². The second-order valence-electron chi connectivity index (χ2n) is 3.34. The first-order chi connectivity index (χ1) is 7.06. The lowest BCUT2D eigenvalue weighted by Crippen LogP contribution is -2.08. The predicted molar refractivity (Wildman–Crippen MR) is 59.7 cm³/mol. The van der Waals surface area contributed by atoms with E-state index in [1.807, 2.05) is 6.26 Å².